The topological polar surface area (TPSA) is 28.2 Å². The number of aromatic nitrogens is 1. The maximum atomic E-state index is 5.82. The van der Waals surface area contributed by atoms with Crippen molar-refractivity contribution in [3.8, 4) is 0 Å². The zero-order chi connectivity index (χ0) is 12.1. The molecule has 1 rings (SSSR count). The van der Waals surface area contributed by atoms with E-state index in [-0.39, 0.29) is 0 Å². The number of rotatable bonds is 6. The predicted octanol–water partition coefficient (Wildman–Crippen LogP) is 2.47. The van der Waals surface area contributed by atoms with Gasteiger partial charge in [0.2, 0.25) is 0 Å². The lowest BCUT2D eigenvalue weighted by Gasteiger charge is -2.28. The lowest BCUT2D eigenvalue weighted by molar-refractivity contribution is 0.224. The Balaban J connectivity index is 2.33. The lowest BCUT2D eigenvalue weighted by Crippen LogP contribution is -2.41. The van der Waals surface area contributed by atoms with E-state index in [4.69, 9.17) is 11.6 Å². The number of thiazole rings is 1. The fraction of sp³-hybridized carbons (Fsp3) is 0.727. The summed E-state index contributed by atoms with van der Waals surface area (Å²) in [6.07, 6.45) is 1.70. The second-order valence-electron chi connectivity index (χ2n) is 4.46. The van der Waals surface area contributed by atoms with Gasteiger partial charge in [0.1, 0.15) is 9.34 Å². The largest absolute Gasteiger partial charge is 0.309 e. The Morgan fingerprint density at radius 3 is 2.62 bits per heavy atom. The SMILES string of the molecule is CC(C)C(CNCc1ncc(Cl)s1)N(C)C. The fourth-order valence-electron chi connectivity index (χ4n) is 1.71. The van der Waals surface area contributed by atoms with Crippen molar-refractivity contribution in [2.45, 2.75) is 26.4 Å². The molecular weight excluding hydrogens is 242 g/mol. The normalized spacial score (nSPS) is 13.7. The van der Waals surface area contributed by atoms with E-state index in [0.29, 0.717) is 12.0 Å². The van der Waals surface area contributed by atoms with Crippen molar-refractivity contribution in [3.63, 3.8) is 0 Å². The molecule has 0 aliphatic rings. The van der Waals surface area contributed by atoms with Crippen molar-refractivity contribution < 1.29 is 0 Å². The number of nitrogens with one attached hydrogen (secondary N) is 1. The molecule has 0 bridgehead atoms. The lowest BCUT2D eigenvalue weighted by atomic mass is 10.0. The molecule has 92 valence electrons. The Bertz CT molecular complexity index is 304. The van der Waals surface area contributed by atoms with Gasteiger partial charge in [0, 0.05) is 19.1 Å². The number of hydrogen-bond donors (Lipinski definition) is 1. The van der Waals surface area contributed by atoms with Gasteiger partial charge in [0.25, 0.3) is 0 Å². The molecule has 16 heavy (non-hydrogen) atoms. The van der Waals surface area contributed by atoms with Crippen molar-refractivity contribution in [1.82, 2.24) is 15.2 Å². The Hall–Kier alpha value is -0.160. The molecule has 0 spiro atoms. The summed E-state index contributed by atoms with van der Waals surface area (Å²) in [5.74, 6) is 0.641. The minimum Gasteiger partial charge on any atom is -0.309 e. The van der Waals surface area contributed by atoms with Gasteiger partial charge in [-0.05, 0) is 20.0 Å². The van der Waals surface area contributed by atoms with Crippen LogP contribution in [0, 0.1) is 5.92 Å². The Morgan fingerprint density at radius 2 is 2.19 bits per heavy atom. The highest BCUT2D eigenvalue weighted by Gasteiger charge is 2.14. The summed E-state index contributed by atoms with van der Waals surface area (Å²) in [5, 5.41) is 4.47. The standard InChI is InChI=1S/C11H20ClN3S/c1-8(2)9(15(3)4)5-13-7-11-14-6-10(12)16-11/h6,8-9,13H,5,7H2,1-4H3. The Labute approximate surface area is 107 Å². The van der Waals surface area contributed by atoms with E-state index in [1.165, 1.54) is 11.3 Å². The van der Waals surface area contributed by atoms with E-state index in [1.807, 2.05) is 0 Å². The predicted molar refractivity (Wildman–Crippen MR) is 71.1 cm³/mol. The van der Waals surface area contributed by atoms with Crippen LogP contribution in [-0.2, 0) is 6.54 Å². The van der Waals surface area contributed by atoms with Crippen LogP contribution in [0.4, 0.5) is 0 Å². The van der Waals surface area contributed by atoms with Gasteiger partial charge in [0.05, 0.1) is 6.20 Å². The van der Waals surface area contributed by atoms with Crippen molar-refractivity contribution >= 4 is 22.9 Å². The quantitative estimate of drug-likeness (QED) is 0.853. The maximum absolute atomic E-state index is 5.82. The number of hydrogen-bond acceptors (Lipinski definition) is 4. The van der Waals surface area contributed by atoms with E-state index in [0.717, 1.165) is 22.4 Å². The van der Waals surface area contributed by atoms with Gasteiger partial charge in [-0.1, -0.05) is 25.4 Å². The first-order valence-corrected chi connectivity index (χ1v) is 6.67. The van der Waals surface area contributed by atoms with Crippen LogP contribution in [0.5, 0.6) is 0 Å². The zero-order valence-corrected chi connectivity index (χ0v) is 11.9. The fourth-order valence-corrected chi connectivity index (χ4v) is 2.64. The van der Waals surface area contributed by atoms with Crippen molar-refractivity contribution in [3.05, 3.63) is 15.5 Å². The van der Waals surface area contributed by atoms with Gasteiger partial charge in [-0.25, -0.2) is 4.98 Å². The van der Waals surface area contributed by atoms with E-state index in [9.17, 15) is 0 Å². The van der Waals surface area contributed by atoms with E-state index in [1.54, 1.807) is 6.20 Å². The molecule has 1 N–H and O–H groups in total. The second-order valence-corrected chi connectivity index (χ2v) is 6.21. The summed E-state index contributed by atoms with van der Waals surface area (Å²) in [7, 11) is 4.24. The van der Waals surface area contributed by atoms with Gasteiger partial charge in [0.15, 0.2) is 0 Å². The monoisotopic (exact) mass is 261 g/mol. The molecule has 0 fully saturated rings. The van der Waals surface area contributed by atoms with Gasteiger partial charge in [-0.15, -0.1) is 11.3 Å². The zero-order valence-electron chi connectivity index (χ0n) is 10.3. The molecule has 1 heterocycles. The first kappa shape index (κ1) is 13.9. The number of nitrogens with zero attached hydrogens (tertiary/aromatic N) is 2. The van der Waals surface area contributed by atoms with Gasteiger partial charge in [-0.2, -0.15) is 0 Å². The van der Waals surface area contributed by atoms with Crippen LogP contribution in [0.3, 0.4) is 0 Å². The summed E-state index contributed by atoms with van der Waals surface area (Å²) < 4.78 is 0.754. The molecule has 0 aliphatic carbocycles. The molecule has 0 aliphatic heterocycles. The smallest absolute Gasteiger partial charge is 0.113 e. The molecule has 0 radical (unpaired) electrons. The third-order valence-corrected chi connectivity index (χ3v) is 3.70. The van der Waals surface area contributed by atoms with E-state index >= 15 is 0 Å². The number of likely N-dealkylation sites (N-methyl/N-ethyl adjacent to an activating group) is 1. The Morgan fingerprint density at radius 1 is 1.50 bits per heavy atom. The molecule has 1 atom stereocenters. The van der Waals surface area contributed by atoms with Crippen LogP contribution in [0.15, 0.2) is 6.20 Å². The summed E-state index contributed by atoms with van der Waals surface area (Å²) in [5.41, 5.74) is 0. The molecule has 0 saturated carbocycles. The van der Waals surface area contributed by atoms with Crippen LogP contribution in [0.25, 0.3) is 0 Å². The van der Waals surface area contributed by atoms with Crippen LogP contribution in [0.2, 0.25) is 4.34 Å². The molecule has 1 aromatic heterocycles. The van der Waals surface area contributed by atoms with Crippen molar-refractivity contribution in [2.24, 2.45) is 5.92 Å². The highest BCUT2D eigenvalue weighted by Crippen LogP contribution is 2.17. The van der Waals surface area contributed by atoms with E-state index < -0.39 is 0 Å². The minimum absolute atomic E-state index is 0.551. The van der Waals surface area contributed by atoms with E-state index in [2.05, 4.69) is 43.1 Å². The summed E-state index contributed by atoms with van der Waals surface area (Å²) in [6, 6.07) is 0.551. The maximum Gasteiger partial charge on any atom is 0.113 e. The molecule has 0 saturated heterocycles. The average Bonchev–Trinajstić information content (AvgIpc) is 2.57. The molecule has 5 heteroatoms. The molecule has 0 aromatic carbocycles. The molecular formula is C11H20ClN3S. The molecule has 3 nitrogen and oxygen atoms in total. The molecule has 1 aromatic rings. The summed E-state index contributed by atoms with van der Waals surface area (Å²) in [6.45, 7) is 6.26. The van der Waals surface area contributed by atoms with Crippen molar-refractivity contribution in [2.75, 3.05) is 20.6 Å². The van der Waals surface area contributed by atoms with Crippen LogP contribution < -0.4 is 5.32 Å². The number of halogens is 1. The van der Waals surface area contributed by atoms with Crippen LogP contribution in [-0.4, -0.2) is 36.6 Å². The second kappa shape index (κ2) is 6.55. The molecule has 0 amide bonds. The minimum atomic E-state index is 0.551. The third kappa shape index (κ3) is 4.37. The van der Waals surface area contributed by atoms with Gasteiger partial charge in [-0.3, -0.25) is 0 Å². The highest BCUT2D eigenvalue weighted by molar-refractivity contribution is 7.15. The average molecular weight is 262 g/mol. The Kier molecular flexibility index (Phi) is 5.69. The first-order valence-electron chi connectivity index (χ1n) is 5.48. The van der Waals surface area contributed by atoms with Gasteiger partial charge >= 0.3 is 0 Å². The van der Waals surface area contributed by atoms with Gasteiger partial charge < -0.3 is 10.2 Å². The van der Waals surface area contributed by atoms with Crippen LogP contribution in [0.1, 0.15) is 18.9 Å². The molecule has 1 unspecified atom stereocenters. The summed E-state index contributed by atoms with van der Waals surface area (Å²) >= 11 is 7.36. The first-order chi connectivity index (χ1) is 7.50. The van der Waals surface area contributed by atoms with Crippen LogP contribution >= 0.6 is 22.9 Å². The summed E-state index contributed by atoms with van der Waals surface area (Å²) in [4.78, 5) is 6.47. The van der Waals surface area contributed by atoms with Crippen molar-refractivity contribution in [1.29, 1.82) is 0 Å². The third-order valence-electron chi connectivity index (χ3n) is 2.59. The highest BCUT2D eigenvalue weighted by atomic mass is 35.5.